The minimum Gasteiger partial charge on any atom is -0.330 e. The van der Waals surface area contributed by atoms with Crippen molar-refractivity contribution in [1.29, 1.82) is 0 Å². The van der Waals surface area contributed by atoms with E-state index in [9.17, 15) is 0 Å². The van der Waals surface area contributed by atoms with Gasteiger partial charge < -0.3 is 9.55 Å². The number of benzene rings is 1. The summed E-state index contributed by atoms with van der Waals surface area (Å²) < 4.78 is 3.15. The van der Waals surface area contributed by atoms with Crippen LogP contribution in [0.25, 0.3) is 11.0 Å². The van der Waals surface area contributed by atoms with Crippen molar-refractivity contribution in [2.75, 3.05) is 0 Å². The van der Waals surface area contributed by atoms with E-state index in [2.05, 4.69) is 41.6 Å². The van der Waals surface area contributed by atoms with E-state index in [1.807, 2.05) is 0 Å². The molecule has 1 saturated carbocycles. The average Bonchev–Trinajstić information content (AvgIpc) is 3.02. The van der Waals surface area contributed by atoms with E-state index in [4.69, 9.17) is 12.2 Å². The summed E-state index contributed by atoms with van der Waals surface area (Å²) in [5.41, 5.74) is 3.72. The molecular formula is C13H16N2S. The molecule has 0 aliphatic heterocycles. The first-order chi connectivity index (χ1) is 7.68. The predicted molar refractivity (Wildman–Crippen MR) is 69.3 cm³/mol. The normalized spacial score (nSPS) is 17.9. The minimum atomic E-state index is 0.531. The summed E-state index contributed by atoms with van der Waals surface area (Å²) in [7, 11) is 0. The van der Waals surface area contributed by atoms with Gasteiger partial charge in [-0.05, 0) is 56.5 Å². The van der Waals surface area contributed by atoms with Gasteiger partial charge in [0, 0.05) is 6.04 Å². The molecule has 0 bridgehead atoms. The van der Waals surface area contributed by atoms with Crippen LogP contribution < -0.4 is 0 Å². The molecule has 1 unspecified atom stereocenters. The van der Waals surface area contributed by atoms with Gasteiger partial charge in [0.2, 0.25) is 0 Å². The zero-order valence-electron chi connectivity index (χ0n) is 9.66. The molecule has 0 amide bonds. The van der Waals surface area contributed by atoms with Gasteiger partial charge in [-0.15, -0.1) is 0 Å². The molecule has 3 heteroatoms. The van der Waals surface area contributed by atoms with E-state index < -0.39 is 0 Å². The molecule has 2 aromatic rings. The summed E-state index contributed by atoms with van der Waals surface area (Å²) in [6.07, 6.45) is 2.70. The van der Waals surface area contributed by atoms with Crippen molar-refractivity contribution < 1.29 is 0 Å². The third kappa shape index (κ3) is 1.42. The molecule has 3 rings (SSSR count). The Morgan fingerprint density at radius 1 is 1.44 bits per heavy atom. The smallest absolute Gasteiger partial charge is 0.178 e. The Morgan fingerprint density at radius 2 is 2.19 bits per heavy atom. The van der Waals surface area contributed by atoms with Crippen molar-refractivity contribution in [3.05, 3.63) is 28.5 Å². The van der Waals surface area contributed by atoms with Crippen molar-refractivity contribution in [3.63, 3.8) is 0 Å². The van der Waals surface area contributed by atoms with Crippen LogP contribution >= 0.6 is 12.2 Å². The van der Waals surface area contributed by atoms with Crippen LogP contribution in [0.3, 0.4) is 0 Å². The molecule has 2 nitrogen and oxygen atoms in total. The lowest BCUT2D eigenvalue weighted by Crippen LogP contribution is -2.06. The van der Waals surface area contributed by atoms with E-state index >= 15 is 0 Å². The summed E-state index contributed by atoms with van der Waals surface area (Å²) in [6, 6.07) is 6.92. The highest BCUT2D eigenvalue weighted by atomic mass is 32.1. The van der Waals surface area contributed by atoms with Crippen molar-refractivity contribution >= 4 is 23.3 Å². The number of hydrogen-bond donors (Lipinski definition) is 1. The maximum absolute atomic E-state index is 5.44. The number of hydrogen-bond acceptors (Lipinski definition) is 1. The van der Waals surface area contributed by atoms with Gasteiger partial charge in [-0.2, -0.15) is 0 Å². The Bertz CT molecular complexity index is 589. The molecule has 1 aliphatic rings. The Labute approximate surface area is 100 Å². The van der Waals surface area contributed by atoms with Crippen molar-refractivity contribution in [3.8, 4) is 0 Å². The SMILES string of the molecule is Cc1cccc2c1[nH]c(=S)n2C(C)C1CC1. The average molecular weight is 232 g/mol. The molecule has 84 valence electrons. The number of imidazole rings is 1. The molecule has 1 aromatic carbocycles. The van der Waals surface area contributed by atoms with E-state index in [0.29, 0.717) is 6.04 Å². The van der Waals surface area contributed by atoms with Crippen LogP contribution in [0, 0.1) is 17.6 Å². The van der Waals surface area contributed by atoms with Gasteiger partial charge >= 0.3 is 0 Å². The van der Waals surface area contributed by atoms with Crippen LogP contribution in [0.15, 0.2) is 18.2 Å². The minimum absolute atomic E-state index is 0.531. The molecule has 1 N–H and O–H groups in total. The summed E-state index contributed by atoms with van der Waals surface area (Å²) in [6.45, 7) is 4.41. The molecule has 1 aromatic heterocycles. The third-order valence-electron chi connectivity index (χ3n) is 3.67. The first kappa shape index (κ1) is 10.1. The number of fused-ring (bicyclic) bond motifs is 1. The third-order valence-corrected chi connectivity index (χ3v) is 3.97. The molecule has 1 heterocycles. The second-order valence-corrected chi connectivity index (χ2v) is 5.23. The standard InChI is InChI=1S/C13H16N2S/c1-8-4-3-5-11-12(8)14-13(16)15(11)9(2)10-6-7-10/h3-5,9-10H,6-7H2,1-2H3,(H,14,16). The summed E-state index contributed by atoms with van der Waals surface area (Å²) >= 11 is 5.44. The maximum atomic E-state index is 5.44. The lowest BCUT2D eigenvalue weighted by Gasteiger charge is -2.13. The fourth-order valence-corrected chi connectivity index (χ4v) is 2.85. The highest BCUT2D eigenvalue weighted by Gasteiger charge is 2.30. The first-order valence-electron chi connectivity index (χ1n) is 5.88. The quantitative estimate of drug-likeness (QED) is 0.777. The zero-order valence-corrected chi connectivity index (χ0v) is 10.5. The van der Waals surface area contributed by atoms with Crippen molar-refractivity contribution in [2.24, 2.45) is 5.92 Å². The van der Waals surface area contributed by atoms with Gasteiger partial charge in [-0.1, -0.05) is 12.1 Å². The number of nitrogens with one attached hydrogen (secondary N) is 1. The number of aromatic nitrogens is 2. The summed E-state index contributed by atoms with van der Waals surface area (Å²) in [4.78, 5) is 3.34. The monoisotopic (exact) mass is 232 g/mol. The molecule has 0 saturated heterocycles. The second kappa shape index (κ2) is 3.45. The first-order valence-corrected chi connectivity index (χ1v) is 6.29. The summed E-state index contributed by atoms with van der Waals surface area (Å²) in [5, 5.41) is 0. The van der Waals surface area contributed by atoms with Gasteiger partial charge in [-0.25, -0.2) is 0 Å². The molecular weight excluding hydrogens is 216 g/mol. The van der Waals surface area contributed by atoms with Gasteiger partial charge in [0.1, 0.15) is 0 Å². The number of aromatic amines is 1. The van der Waals surface area contributed by atoms with Gasteiger partial charge in [0.15, 0.2) is 4.77 Å². The zero-order chi connectivity index (χ0) is 11.3. The topological polar surface area (TPSA) is 20.7 Å². The fourth-order valence-electron chi connectivity index (χ4n) is 2.49. The van der Waals surface area contributed by atoms with Crippen LogP contribution in [-0.4, -0.2) is 9.55 Å². The van der Waals surface area contributed by atoms with Crippen LogP contribution in [0.5, 0.6) is 0 Å². The Morgan fingerprint density at radius 3 is 2.88 bits per heavy atom. The lowest BCUT2D eigenvalue weighted by atomic mass is 10.2. The van der Waals surface area contributed by atoms with Crippen LogP contribution in [0.1, 0.15) is 31.4 Å². The highest BCUT2D eigenvalue weighted by molar-refractivity contribution is 7.71. The molecule has 1 aliphatic carbocycles. The van der Waals surface area contributed by atoms with E-state index in [-0.39, 0.29) is 0 Å². The molecule has 0 spiro atoms. The Balaban J connectivity index is 2.26. The molecule has 0 radical (unpaired) electrons. The van der Waals surface area contributed by atoms with E-state index in [1.165, 1.54) is 29.4 Å². The van der Waals surface area contributed by atoms with Crippen LogP contribution in [-0.2, 0) is 0 Å². The van der Waals surface area contributed by atoms with Gasteiger partial charge in [0.05, 0.1) is 11.0 Å². The highest BCUT2D eigenvalue weighted by Crippen LogP contribution is 2.40. The number of para-hydroxylation sites is 1. The van der Waals surface area contributed by atoms with Gasteiger partial charge in [0.25, 0.3) is 0 Å². The van der Waals surface area contributed by atoms with Crippen LogP contribution in [0.2, 0.25) is 0 Å². The summed E-state index contributed by atoms with van der Waals surface area (Å²) in [5.74, 6) is 0.825. The van der Waals surface area contributed by atoms with Crippen molar-refractivity contribution in [2.45, 2.75) is 32.7 Å². The molecule has 1 fully saturated rings. The van der Waals surface area contributed by atoms with Crippen LogP contribution in [0.4, 0.5) is 0 Å². The number of rotatable bonds is 2. The van der Waals surface area contributed by atoms with E-state index in [1.54, 1.807) is 0 Å². The molecule has 16 heavy (non-hydrogen) atoms. The number of aryl methyl sites for hydroxylation is 1. The Kier molecular flexibility index (Phi) is 2.18. The molecule has 1 atom stereocenters. The Hall–Kier alpha value is -1.09. The van der Waals surface area contributed by atoms with Crippen molar-refractivity contribution in [1.82, 2.24) is 9.55 Å². The van der Waals surface area contributed by atoms with Gasteiger partial charge in [-0.3, -0.25) is 0 Å². The second-order valence-electron chi connectivity index (χ2n) is 4.85. The maximum Gasteiger partial charge on any atom is 0.178 e. The fraction of sp³-hybridized carbons (Fsp3) is 0.462. The lowest BCUT2D eigenvalue weighted by molar-refractivity contribution is 0.493. The number of nitrogens with zero attached hydrogens (tertiary/aromatic N) is 1. The largest absolute Gasteiger partial charge is 0.330 e. The number of H-pyrrole nitrogens is 1. The van der Waals surface area contributed by atoms with E-state index in [0.717, 1.165) is 10.7 Å². The predicted octanol–water partition coefficient (Wildman–Crippen LogP) is 3.98.